The monoisotopic (exact) mass is 263 g/mol. The van der Waals surface area contributed by atoms with Crippen LogP contribution in [0.5, 0.6) is 0 Å². The van der Waals surface area contributed by atoms with Crippen LogP contribution in [0.25, 0.3) is 0 Å². The number of rotatable bonds is 4. The van der Waals surface area contributed by atoms with Crippen molar-refractivity contribution in [3.8, 4) is 0 Å². The number of aromatic nitrogens is 1. The van der Waals surface area contributed by atoms with Gasteiger partial charge in [0.1, 0.15) is 4.90 Å². The Labute approximate surface area is 106 Å². The second-order valence-corrected chi connectivity index (χ2v) is 5.46. The first-order chi connectivity index (χ1) is 8.59. The van der Waals surface area contributed by atoms with Crippen molar-refractivity contribution >= 4 is 15.7 Å². The van der Waals surface area contributed by atoms with Gasteiger partial charge in [-0.3, -0.25) is 4.98 Å². The first-order valence-corrected chi connectivity index (χ1v) is 6.81. The molecule has 2 aromatic rings. The van der Waals surface area contributed by atoms with Gasteiger partial charge in [-0.05, 0) is 11.6 Å². The van der Waals surface area contributed by atoms with Crippen LogP contribution in [0.3, 0.4) is 0 Å². The van der Waals surface area contributed by atoms with E-state index in [1.807, 2.05) is 30.3 Å². The van der Waals surface area contributed by atoms with Crippen molar-refractivity contribution < 1.29 is 8.42 Å². The van der Waals surface area contributed by atoms with Crippen molar-refractivity contribution in [1.82, 2.24) is 9.71 Å². The maximum Gasteiger partial charge on any atom is 0.244 e. The van der Waals surface area contributed by atoms with E-state index in [2.05, 4.69) is 9.71 Å². The molecule has 0 aliphatic heterocycles. The second kappa shape index (κ2) is 5.16. The summed E-state index contributed by atoms with van der Waals surface area (Å²) in [7, 11) is -3.63. The molecule has 18 heavy (non-hydrogen) atoms. The molecule has 0 bridgehead atoms. The molecule has 6 heteroatoms. The molecule has 1 heterocycles. The van der Waals surface area contributed by atoms with Gasteiger partial charge < -0.3 is 5.73 Å². The van der Waals surface area contributed by atoms with Gasteiger partial charge in [0.05, 0.1) is 5.69 Å². The minimum atomic E-state index is -3.63. The summed E-state index contributed by atoms with van der Waals surface area (Å²) in [4.78, 5) is 3.77. The molecular formula is C12H13N3O2S. The zero-order valence-corrected chi connectivity index (χ0v) is 10.4. The lowest BCUT2D eigenvalue weighted by Crippen LogP contribution is -2.24. The predicted octanol–water partition coefficient (Wildman–Crippen LogP) is 1.14. The van der Waals surface area contributed by atoms with Gasteiger partial charge in [-0.15, -0.1) is 0 Å². The van der Waals surface area contributed by atoms with E-state index in [-0.39, 0.29) is 17.1 Å². The summed E-state index contributed by atoms with van der Waals surface area (Å²) in [6, 6.07) is 10.7. The molecule has 1 aromatic heterocycles. The molecule has 1 aromatic carbocycles. The number of pyridine rings is 1. The Morgan fingerprint density at radius 1 is 1.17 bits per heavy atom. The number of nitrogens with two attached hydrogens (primary N) is 1. The Hall–Kier alpha value is -1.92. The average Bonchev–Trinajstić information content (AvgIpc) is 2.38. The molecule has 0 aliphatic rings. The van der Waals surface area contributed by atoms with Gasteiger partial charge >= 0.3 is 0 Å². The van der Waals surface area contributed by atoms with E-state index >= 15 is 0 Å². The Morgan fingerprint density at radius 2 is 1.89 bits per heavy atom. The van der Waals surface area contributed by atoms with Crippen LogP contribution in [0.4, 0.5) is 5.69 Å². The molecule has 0 radical (unpaired) electrons. The maximum absolute atomic E-state index is 12.0. The molecule has 0 spiro atoms. The molecule has 0 fully saturated rings. The van der Waals surface area contributed by atoms with Gasteiger partial charge in [0.25, 0.3) is 0 Å². The van der Waals surface area contributed by atoms with Crippen LogP contribution in [-0.4, -0.2) is 13.4 Å². The zero-order chi connectivity index (χ0) is 13.0. The third-order valence-electron chi connectivity index (χ3n) is 2.42. The third-order valence-corrected chi connectivity index (χ3v) is 3.86. The minimum Gasteiger partial charge on any atom is -0.398 e. The van der Waals surface area contributed by atoms with Crippen molar-refractivity contribution in [1.29, 1.82) is 0 Å². The second-order valence-electron chi connectivity index (χ2n) is 3.72. The highest BCUT2D eigenvalue weighted by Crippen LogP contribution is 2.15. The van der Waals surface area contributed by atoms with Gasteiger partial charge in [-0.1, -0.05) is 30.3 Å². The Balaban J connectivity index is 2.16. The number of sulfonamides is 1. The number of benzene rings is 1. The van der Waals surface area contributed by atoms with Crippen LogP contribution in [0.15, 0.2) is 53.7 Å². The predicted molar refractivity (Wildman–Crippen MR) is 69.1 cm³/mol. The van der Waals surface area contributed by atoms with Gasteiger partial charge in [0, 0.05) is 18.9 Å². The lowest BCUT2D eigenvalue weighted by Gasteiger charge is -2.08. The SMILES string of the molecule is Nc1ccncc1S(=O)(=O)NCc1ccccc1. The van der Waals surface area contributed by atoms with E-state index in [0.717, 1.165) is 5.56 Å². The molecule has 3 N–H and O–H groups in total. The van der Waals surface area contributed by atoms with Crippen molar-refractivity contribution in [3.05, 3.63) is 54.4 Å². The number of nitrogens with one attached hydrogen (secondary N) is 1. The summed E-state index contributed by atoms with van der Waals surface area (Å²) in [5.74, 6) is 0. The molecular weight excluding hydrogens is 250 g/mol. The van der Waals surface area contributed by atoms with Crippen molar-refractivity contribution in [2.24, 2.45) is 0 Å². The molecule has 94 valence electrons. The van der Waals surface area contributed by atoms with E-state index in [9.17, 15) is 8.42 Å². The summed E-state index contributed by atoms with van der Waals surface area (Å²) in [6.45, 7) is 0.220. The highest BCUT2D eigenvalue weighted by atomic mass is 32.2. The Morgan fingerprint density at radius 3 is 2.56 bits per heavy atom. The van der Waals surface area contributed by atoms with E-state index in [1.54, 1.807) is 0 Å². The van der Waals surface area contributed by atoms with Gasteiger partial charge in [-0.25, -0.2) is 13.1 Å². The quantitative estimate of drug-likeness (QED) is 0.866. The largest absolute Gasteiger partial charge is 0.398 e. The van der Waals surface area contributed by atoms with Crippen molar-refractivity contribution in [3.63, 3.8) is 0 Å². The molecule has 0 saturated heterocycles. The molecule has 5 nitrogen and oxygen atoms in total. The number of hydrogen-bond donors (Lipinski definition) is 2. The molecule has 0 atom stereocenters. The maximum atomic E-state index is 12.0. The highest BCUT2D eigenvalue weighted by Gasteiger charge is 2.16. The topological polar surface area (TPSA) is 85.1 Å². The Kier molecular flexibility index (Phi) is 3.59. The van der Waals surface area contributed by atoms with E-state index in [1.165, 1.54) is 18.5 Å². The fourth-order valence-corrected chi connectivity index (χ4v) is 2.56. The van der Waals surface area contributed by atoms with Crippen LogP contribution in [0, 0.1) is 0 Å². The average molecular weight is 263 g/mol. The van der Waals surface area contributed by atoms with Crippen molar-refractivity contribution in [2.75, 3.05) is 5.73 Å². The summed E-state index contributed by atoms with van der Waals surface area (Å²) in [6.07, 6.45) is 2.69. The fraction of sp³-hybridized carbons (Fsp3) is 0.0833. The van der Waals surface area contributed by atoms with Crippen LogP contribution in [-0.2, 0) is 16.6 Å². The smallest absolute Gasteiger partial charge is 0.244 e. The number of nitrogens with zero attached hydrogens (tertiary/aromatic N) is 1. The van der Waals surface area contributed by atoms with Crippen LogP contribution in [0.2, 0.25) is 0 Å². The minimum absolute atomic E-state index is 0.000862. The van der Waals surface area contributed by atoms with Gasteiger partial charge in [-0.2, -0.15) is 0 Å². The van der Waals surface area contributed by atoms with E-state index in [4.69, 9.17) is 5.73 Å². The summed E-state index contributed by atoms with van der Waals surface area (Å²) in [5, 5.41) is 0. The standard InChI is InChI=1S/C12H13N3O2S/c13-11-6-7-14-9-12(11)18(16,17)15-8-10-4-2-1-3-5-10/h1-7,9,15H,8H2,(H2,13,14). The molecule has 0 unspecified atom stereocenters. The van der Waals surface area contributed by atoms with Gasteiger partial charge in [0.15, 0.2) is 0 Å². The lowest BCUT2D eigenvalue weighted by atomic mass is 10.2. The van der Waals surface area contributed by atoms with Crippen LogP contribution in [0.1, 0.15) is 5.56 Å². The normalized spacial score (nSPS) is 11.3. The molecule has 0 amide bonds. The number of hydrogen-bond acceptors (Lipinski definition) is 4. The van der Waals surface area contributed by atoms with E-state index in [0.29, 0.717) is 0 Å². The van der Waals surface area contributed by atoms with E-state index < -0.39 is 10.0 Å². The zero-order valence-electron chi connectivity index (χ0n) is 9.58. The number of anilines is 1. The fourth-order valence-electron chi connectivity index (χ4n) is 1.47. The summed E-state index contributed by atoms with van der Waals surface area (Å²) < 4.78 is 26.5. The third kappa shape index (κ3) is 2.85. The Bertz CT molecular complexity index is 627. The summed E-state index contributed by atoms with van der Waals surface area (Å²) >= 11 is 0. The molecule has 0 saturated carbocycles. The van der Waals surface area contributed by atoms with Gasteiger partial charge in [0.2, 0.25) is 10.0 Å². The molecule has 0 aliphatic carbocycles. The lowest BCUT2D eigenvalue weighted by molar-refractivity contribution is 0.581. The van der Waals surface area contributed by atoms with Crippen LogP contribution >= 0.6 is 0 Å². The number of nitrogen functional groups attached to an aromatic ring is 1. The van der Waals surface area contributed by atoms with Crippen molar-refractivity contribution in [2.45, 2.75) is 11.4 Å². The molecule has 2 rings (SSSR count). The first-order valence-electron chi connectivity index (χ1n) is 5.33. The highest BCUT2D eigenvalue weighted by molar-refractivity contribution is 7.89. The summed E-state index contributed by atoms with van der Waals surface area (Å²) in [5.41, 5.74) is 6.68. The first kappa shape index (κ1) is 12.5. The van der Waals surface area contributed by atoms with Crippen LogP contribution < -0.4 is 10.5 Å².